The molecule has 1 unspecified atom stereocenters. The molecule has 22 heavy (non-hydrogen) atoms. The summed E-state index contributed by atoms with van der Waals surface area (Å²) in [6.07, 6.45) is 3.83. The third-order valence-corrected chi connectivity index (χ3v) is 5.10. The zero-order valence-corrected chi connectivity index (χ0v) is 16.6. The fourth-order valence-electron chi connectivity index (χ4n) is 3.21. The summed E-state index contributed by atoms with van der Waals surface area (Å²) in [5.74, 6) is 0.946. The first-order valence-corrected chi connectivity index (χ1v) is 8.40. The van der Waals surface area contributed by atoms with E-state index < -0.39 is 5.60 Å². The molecule has 2 fully saturated rings. The number of aliphatic imine (C=N–C) groups is 1. The maximum atomic E-state index is 10.4. The van der Waals surface area contributed by atoms with Gasteiger partial charge >= 0.3 is 0 Å². The summed E-state index contributed by atoms with van der Waals surface area (Å²) in [6, 6.07) is 0. The number of hydrogen-bond acceptors (Lipinski definition) is 3. The van der Waals surface area contributed by atoms with E-state index >= 15 is 0 Å². The molecule has 0 bridgehead atoms. The molecule has 0 saturated carbocycles. The molecular weight excluding hydrogens is 393 g/mol. The van der Waals surface area contributed by atoms with Crippen molar-refractivity contribution < 1.29 is 9.84 Å². The third kappa shape index (κ3) is 4.71. The van der Waals surface area contributed by atoms with Gasteiger partial charge < -0.3 is 20.1 Å². The minimum atomic E-state index is -0.672. The second-order valence-corrected chi connectivity index (χ2v) is 6.58. The molecule has 2 saturated heterocycles. The molecule has 0 radical (unpaired) electrons. The highest BCUT2D eigenvalue weighted by Gasteiger charge is 2.42. The minimum absolute atomic E-state index is 0. The summed E-state index contributed by atoms with van der Waals surface area (Å²) in [6.45, 7) is 11.3. The van der Waals surface area contributed by atoms with Crippen LogP contribution in [0.5, 0.6) is 0 Å². The molecule has 0 aliphatic carbocycles. The second-order valence-electron chi connectivity index (χ2n) is 6.58. The summed E-state index contributed by atoms with van der Waals surface area (Å²) in [4.78, 5) is 7.04. The van der Waals surface area contributed by atoms with Gasteiger partial charge in [-0.05, 0) is 32.6 Å². The average molecular weight is 425 g/mol. The second kappa shape index (κ2) is 8.68. The number of nitrogens with zero attached hydrogens (tertiary/aromatic N) is 2. The number of ether oxygens (including phenoxy) is 1. The highest BCUT2D eigenvalue weighted by molar-refractivity contribution is 14.0. The van der Waals surface area contributed by atoms with Gasteiger partial charge in [-0.15, -0.1) is 24.0 Å². The van der Waals surface area contributed by atoms with Gasteiger partial charge in [0.25, 0.3) is 0 Å². The Morgan fingerprint density at radius 1 is 1.32 bits per heavy atom. The van der Waals surface area contributed by atoms with Crippen molar-refractivity contribution in [2.24, 2.45) is 10.4 Å². The monoisotopic (exact) mass is 425 g/mol. The first-order chi connectivity index (χ1) is 10.1. The number of hydrogen-bond donors (Lipinski definition) is 2. The average Bonchev–Trinajstić information content (AvgIpc) is 3.14. The number of halogens is 1. The van der Waals surface area contributed by atoms with Crippen LogP contribution in [-0.2, 0) is 4.74 Å². The first-order valence-electron chi connectivity index (χ1n) is 8.40. The SMILES string of the molecule is CCNC(=NCC(O)(CC)CC)N1CCC2(CCOC2)C1.I. The molecule has 0 aromatic heterocycles. The summed E-state index contributed by atoms with van der Waals surface area (Å²) in [5, 5.41) is 13.8. The maximum Gasteiger partial charge on any atom is 0.194 e. The zero-order chi connectivity index (χ0) is 15.3. The quantitative estimate of drug-likeness (QED) is 0.403. The Labute approximate surface area is 151 Å². The largest absolute Gasteiger partial charge is 0.388 e. The number of guanidine groups is 1. The third-order valence-electron chi connectivity index (χ3n) is 5.10. The normalized spacial score (nSPS) is 25.6. The summed E-state index contributed by atoms with van der Waals surface area (Å²) >= 11 is 0. The molecular formula is C16H32IN3O2. The summed E-state index contributed by atoms with van der Waals surface area (Å²) < 4.78 is 5.59. The Kier molecular flexibility index (Phi) is 7.88. The van der Waals surface area contributed by atoms with Gasteiger partial charge in [-0.1, -0.05) is 13.8 Å². The Bertz CT molecular complexity index is 366. The van der Waals surface area contributed by atoms with Gasteiger partial charge in [-0.2, -0.15) is 0 Å². The van der Waals surface area contributed by atoms with Crippen LogP contribution in [0.1, 0.15) is 46.5 Å². The highest BCUT2D eigenvalue weighted by atomic mass is 127. The molecule has 0 amide bonds. The lowest BCUT2D eigenvalue weighted by Crippen LogP contribution is -2.43. The van der Waals surface area contributed by atoms with E-state index in [1.54, 1.807) is 0 Å². The van der Waals surface area contributed by atoms with Crippen molar-refractivity contribution >= 4 is 29.9 Å². The topological polar surface area (TPSA) is 57.1 Å². The lowest BCUT2D eigenvalue weighted by molar-refractivity contribution is 0.0416. The van der Waals surface area contributed by atoms with Crippen molar-refractivity contribution in [3.05, 3.63) is 0 Å². The number of rotatable bonds is 5. The molecule has 1 spiro atoms. The van der Waals surface area contributed by atoms with Gasteiger partial charge in [0.2, 0.25) is 0 Å². The molecule has 6 heteroatoms. The number of nitrogens with one attached hydrogen (secondary N) is 1. The van der Waals surface area contributed by atoms with Crippen molar-refractivity contribution in [3.8, 4) is 0 Å². The van der Waals surface area contributed by atoms with Crippen LogP contribution < -0.4 is 5.32 Å². The molecule has 2 aliphatic rings. The van der Waals surface area contributed by atoms with Crippen molar-refractivity contribution in [3.63, 3.8) is 0 Å². The first kappa shape index (κ1) is 20.0. The lowest BCUT2D eigenvalue weighted by atomic mass is 9.87. The van der Waals surface area contributed by atoms with E-state index in [1.165, 1.54) is 6.42 Å². The Morgan fingerprint density at radius 3 is 2.59 bits per heavy atom. The van der Waals surface area contributed by atoms with Crippen LogP contribution in [0.4, 0.5) is 0 Å². The Morgan fingerprint density at radius 2 is 2.05 bits per heavy atom. The van der Waals surface area contributed by atoms with E-state index in [1.807, 2.05) is 13.8 Å². The van der Waals surface area contributed by atoms with Crippen LogP contribution in [0.2, 0.25) is 0 Å². The van der Waals surface area contributed by atoms with Crippen molar-refractivity contribution in [1.29, 1.82) is 0 Å². The number of likely N-dealkylation sites (tertiary alicyclic amines) is 1. The fourth-order valence-corrected chi connectivity index (χ4v) is 3.21. The Hall–Kier alpha value is -0.0800. The molecule has 0 aromatic carbocycles. The smallest absolute Gasteiger partial charge is 0.194 e. The van der Waals surface area contributed by atoms with Crippen molar-refractivity contribution in [1.82, 2.24) is 10.2 Å². The zero-order valence-electron chi connectivity index (χ0n) is 14.2. The van der Waals surface area contributed by atoms with Crippen LogP contribution in [0.3, 0.4) is 0 Å². The van der Waals surface area contributed by atoms with Gasteiger partial charge in [-0.3, -0.25) is 4.99 Å². The van der Waals surface area contributed by atoms with Gasteiger partial charge in [0.05, 0.1) is 18.8 Å². The maximum absolute atomic E-state index is 10.4. The van der Waals surface area contributed by atoms with Crippen LogP contribution >= 0.6 is 24.0 Å². The molecule has 2 heterocycles. The van der Waals surface area contributed by atoms with E-state index in [4.69, 9.17) is 9.73 Å². The van der Waals surface area contributed by atoms with Crippen molar-refractivity contribution in [2.45, 2.75) is 52.1 Å². The standard InChI is InChI=1S/C16H31N3O2.HI/c1-4-16(20,5-2)11-18-14(17-6-3)19-9-7-15(12-19)8-10-21-13-15;/h20H,4-13H2,1-3H3,(H,17,18);1H. The molecule has 2 N–H and O–H groups in total. The molecule has 1 atom stereocenters. The van der Waals surface area contributed by atoms with Gasteiger partial charge in [-0.25, -0.2) is 0 Å². The van der Waals surface area contributed by atoms with E-state index in [-0.39, 0.29) is 24.0 Å². The van der Waals surface area contributed by atoms with E-state index in [0.717, 1.165) is 58.1 Å². The van der Waals surface area contributed by atoms with E-state index in [9.17, 15) is 5.11 Å². The molecule has 2 aliphatic heterocycles. The van der Waals surface area contributed by atoms with E-state index in [0.29, 0.717) is 12.0 Å². The molecule has 5 nitrogen and oxygen atoms in total. The van der Waals surface area contributed by atoms with Crippen molar-refractivity contribution in [2.75, 3.05) is 39.4 Å². The minimum Gasteiger partial charge on any atom is -0.388 e. The predicted octanol–water partition coefficient (Wildman–Crippen LogP) is 2.23. The molecule has 130 valence electrons. The van der Waals surface area contributed by atoms with Crippen LogP contribution in [0.25, 0.3) is 0 Å². The fraction of sp³-hybridized carbons (Fsp3) is 0.938. The molecule has 0 aromatic rings. The van der Waals surface area contributed by atoms with Gasteiger partial charge in [0.15, 0.2) is 5.96 Å². The van der Waals surface area contributed by atoms with E-state index in [2.05, 4.69) is 17.1 Å². The van der Waals surface area contributed by atoms with Crippen LogP contribution in [-0.4, -0.2) is 61.0 Å². The molecule has 2 rings (SSSR count). The predicted molar refractivity (Wildman–Crippen MR) is 101 cm³/mol. The van der Waals surface area contributed by atoms with Crippen LogP contribution in [0, 0.1) is 5.41 Å². The van der Waals surface area contributed by atoms with Crippen LogP contribution in [0.15, 0.2) is 4.99 Å². The summed E-state index contributed by atoms with van der Waals surface area (Å²) in [7, 11) is 0. The summed E-state index contributed by atoms with van der Waals surface area (Å²) in [5.41, 5.74) is -0.337. The van der Waals surface area contributed by atoms with Gasteiger partial charge in [0, 0.05) is 31.7 Å². The lowest BCUT2D eigenvalue weighted by Gasteiger charge is -2.27. The van der Waals surface area contributed by atoms with Gasteiger partial charge in [0.1, 0.15) is 0 Å². The Balaban J connectivity index is 0.00000242. The number of aliphatic hydroxyl groups is 1. The highest BCUT2D eigenvalue weighted by Crippen LogP contribution is 2.38.